The summed E-state index contributed by atoms with van der Waals surface area (Å²) in [5.41, 5.74) is 0. The minimum absolute atomic E-state index is 0.0160. The maximum Gasteiger partial charge on any atom is 0.305 e. The first kappa shape index (κ1) is 82.8. The molecule has 0 saturated carbocycles. The molecule has 0 spiro atoms. The van der Waals surface area contributed by atoms with E-state index in [-0.39, 0.29) is 18.5 Å². The number of carbonyl (C=O) groups excluding carboxylic acids is 2. The summed E-state index contributed by atoms with van der Waals surface area (Å²) in [5.74, 6) is -0.0480. The largest absolute Gasteiger partial charge is 0.466 e. The van der Waals surface area contributed by atoms with E-state index >= 15 is 0 Å². The van der Waals surface area contributed by atoms with Crippen molar-refractivity contribution in [3.63, 3.8) is 0 Å². The fraction of sp³-hybridized carbons (Fsp3) is 0.873. The standard InChI is InChI=1S/C79H149NO5/c1-3-5-7-9-11-13-15-17-18-19-42-45-49-53-57-61-65-69-73-79(84)85-74-70-66-62-58-54-50-46-43-40-38-36-34-32-30-28-26-24-22-20-21-23-25-27-29-31-33-35-37-39-41-44-48-52-56-60-64-68-72-78(83)80-76(75-81)77(82)71-67-63-59-55-51-47-16-14-12-10-8-6-4-2/h18-20,22,26,28,67,71,76-77,81-82H,3-17,21,23-25,27,29-66,68-70,72-75H2,1-2H3,(H,80,83)/b19-18-,22-20-,28-26-,71-67+. The van der Waals surface area contributed by atoms with E-state index in [0.29, 0.717) is 19.4 Å². The van der Waals surface area contributed by atoms with Crippen LogP contribution >= 0.6 is 0 Å². The van der Waals surface area contributed by atoms with Gasteiger partial charge in [-0.3, -0.25) is 9.59 Å². The zero-order chi connectivity index (χ0) is 61.3. The molecule has 3 N–H and O–H groups in total. The second-order valence-electron chi connectivity index (χ2n) is 26.3. The van der Waals surface area contributed by atoms with Gasteiger partial charge in [-0.05, 0) is 89.9 Å². The number of unbranched alkanes of at least 4 members (excludes halogenated alkanes) is 55. The number of aliphatic hydroxyl groups excluding tert-OH is 2. The van der Waals surface area contributed by atoms with Gasteiger partial charge in [0, 0.05) is 12.8 Å². The fourth-order valence-electron chi connectivity index (χ4n) is 12.0. The van der Waals surface area contributed by atoms with Gasteiger partial charge in [-0.1, -0.05) is 364 Å². The number of aliphatic hydroxyl groups is 2. The number of hydrogen-bond donors (Lipinski definition) is 3. The third kappa shape index (κ3) is 70.8. The van der Waals surface area contributed by atoms with Crippen molar-refractivity contribution in [3.05, 3.63) is 48.6 Å². The van der Waals surface area contributed by atoms with Crippen molar-refractivity contribution >= 4 is 11.9 Å². The van der Waals surface area contributed by atoms with E-state index in [1.807, 2.05) is 6.08 Å². The Bertz CT molecular complexity index is 1420. The lowest BCUT2D eigenvalue weighted by Gasteiger charge is -2.20. The second kappa shape index (κ2) is 74.3. The van der Waals surface area contributed by atoms with Crippen LogP contribution in [0.5, 0.6) is 0 Å². The molecule has 6 nitrogen and oxygen atoms in total. The SMILES string of the molecule is CCCCCCCCC/C=C\CCCCCCCCCC(=O)OCCCCCCCCCCCCCCC/C=C\C/C=C\CCCCCCCCCCCCCCCCCCCC(=O)NC(CO)C(O)/C=C/CCCCCCCCCCCCC. The first-order valence-electron chi connectivity index (χ1n) is 38.4. The van der Waals surface area contributed by atoms with Gasteiger partial charge in [0.1, 0.15) is 0 Å². The molecule has 0 fully saturated rings. The van der Waals surface area contributed by atoms with Crippen LogP contribution in [0.1, 0.15) is 418 Å². The van der Waals surface area contributed by atoms with Gasteiger partial charge in [0.15, 0.2) is 0 Å². The van der Waals surface area contributed by atoms with Crippen molar-refractivity contribution in [2.24, 2.45) is 0 Å². The number of ether oxygens (including phenoxy) is 1. The van der Waals surface area contributed by atoms with Gasteiger partial charge in [0.2, 0.25) is 5.91 Å². The zero-order valence-corrected chi connectivity index (χ0v) is 57.4. The molecule has 1 amide bonds. The summed E-state index contributed by atoms with van der Waals surface area (Å²) in [6.45, 7) is 4.93. The van der Waals surface area contributed by atoms with E-state index in [1.54, 1.807) is 6.08 Å². The van der Waals surface area contributed by atoms with E-state index in [0.717, 1.165) is 51.4 Å². The number of hydrogen-bond acceptors (Lipinski definition) is 5. The van der Waals surface area contributed by atoms with Gasteiger partial charge in [-0.25, -0.2) is 0 Å². The number of nitrogens with one attached hydrogen (secondary N) is 1. The lowest BCUT2D eigenvalue weighted by atomic mass is 10.0. The third-order valence-corrected chi connectivity index (χ3v) is 17.8. The van der Waals surface area contributed by atoms with Crippen LogP contribution in [0.3, 0.4) is 0 Å². The van der Waals surface area contributed by atoms with Crippen LogP contribution < -0.4 is 5.32 Å². The number of rotatable bonds is 72. The molecule has 2 unspecified atom stereocenters. The van der Waals surface area contributed by atoms with Crippen molar-refractivity contribution in [2.75, 3.05) is 13.2 Å². The van der Waals surface area contributed by atoms with Crippen LogP contribution in [0, 0.1) is 0 Å². The Morgan fingerprint density at radius 2 is 0.588 bits per heavy atom. The van der Waals surface area contributed by atoms with Gasteiger partial charge in [0.05, 0.1) is 25.4 Å². The zero-order valence-electron chi connectivity index (χ0n) is 57.4. The highest BCUT2D eigenvalue weighted by Crippen LogP contribution is 2.19. The molecule has 0 heterocycles. The summed E-state index contributed by atoms with van der Waals surface area (Å²) in [6.07, 6.45) is 98.0. The van der Waals surface area contributed by atoms with Crippen molar-refractivity contribution in [2.45, 2.75) is 431 Å². The highest BCUT2D eigenvalue weighted by molar-refractivity contribution is 5.76. The predicted octanol–water partition coefficient (Wildman–Crippen LogP) is 25.2. The average molecular weight is 1190 g/mol. The van der Waals surface area contributed by atoms with E-state index in [4.69, 9.17) is 4.74 Å². The number of esters is 1. The molecule has 0 aromatic heterocycles. The molecule has 0 aliphatic carbocycles. The lowest BCUT2D eigenvalue weighted by Crippen LogP contribution is -2.45. The van der Waals surface area contributed by atoms with E-state index in [1.165, 1.54) is 340 Å². The van der Waals surface area contributed by atoms with Gasteiger partial charge in [-0.15, -0.1) is 0 Å². The van der Waals surface area contributed by atoms with Crippen LogP contribution in [0.4, 0.5) is 0 Å². The average Bonchev–Trinajstić information content (AvgIpc) is 3.50. The summed E-state index contributed by atoms with van der Waals surface area (Å²) in [5, 5.41) is 23.1. The van der Waals surface area contributed by atoms with Crippen LogP contribution in [-0.4, -0.2) is 47.4 Å². The third-order valence-electron chi connectivity index (χ3n) is 17.8. The Hall–Kier alpha value is -2.18. The van der Waals surface area contributed by atoms with E-state index in [9.17, 15) is 19.8 Å². The molecule has 0 saturated heterocycles. The molecule has 0 aromatic rings. The Balaban J connectivity index is 3.36. The lowest BCUT2D eigenvalue weighted by molar-refractivity contribution is -0.143. The molecule has 6 heteroatoms. The van der Waals surface area contributed by atoms with Gasteiger partial charge in [-0.2, -0.15) is 0 Å². The number of amides is 1. The smallest absolute Gasteiger partial charge is 0.305 e. The maximum absolute atomic E-state index is 12.5. The second-order valence-corrected chi connectivity index (χ2v) is 26.3. The van der Waals surface area contributed by atoms with Crippen LogP contribution in [0.2, 0.25) is 0 Å². The van der Waals surface area contributed by atoms with Crippen molar-refractivity contribution in [1.82, 2.24) is 5.32 Å². The molecule has 0 radical (unpaired) electrons. The topological polar surface area (TPSA) is 95.9 Å². The quantitative estimate of drug-likeness (QED) is 0.0320. The summed E-state index contributed by atoms with van der Waals surface area (Å²) < 4.78 is 5.51. The Morgan fingerprint density at radius 3 is 0.906 bits per heavy atom. The molecule has 0 aliphatic rings. The number of allylic oxidation sites excluding steroid dienone is 7. The maximum atomic E-state index is 12.5. The molecule has 0 rings (SSSR count). The van der Waals surface area contributed by atoms with Crippen molar-refractivity contribution < 1.29 is 24.5 Å². The molecule has 0 bridgehead atoms. The molecule has 2 atom stereocenters. The van der Waals surface area contributed by atoms with E-state index < -0.39 is 12.1 Å². The van der Waals surface area contributed by atoms with Crippen molar-refractivity contribution in [3.8, 4) is 0 Å². The summed E-state index contributed by atoms with van der Waals surface area (Å²) in [7, 11) is 0. The molecule has 0 aromatic carbocycles. The highest BCUT2D eigenvalue weighted by atomic mass is 16.5. The first-order chi connectivity index (χ1) is 42.0. The summed E-state index contributed by atoms with van der Waals surface area (Å²) in [4.78, 5) is 24.6. The Labute approximate surface area is 531 Å². The normalized spacial score (nSPS) is 12.8. The van der Waals surface area contributed by atoms with Gasteiger partial charge >= 0.3 is 5.97 Å². The number of carbonyl (C=O) groups is 2. The highest BCUT2D eigenvalue weighted by Gasteiger charge is 2.18. The molecular weight excluding hydrogens is 1040 g/mol. The van der Waals surface area contributed by atoms with Crippen LogP contribution in [0.25, 0.3) is 0 Å². The van der Waals surface area contributed by atoms with Gasteiger partial charge in [0.25, 0.3) is 0 Å². The monoisotopic (exact) mass is 1190 g/mol. The minimum atomic E-state index is -0.842. The Morgan fingerprint density at radius 1 is 0.329 bits per heavy atom. The summed E-state index contributed by atoms with van der Waals surface area (Å²) >= 11 is 0. The molecule has 500 valence electrons. The Kier molecular flexibility index (Phi) is 72.4. The van der Waals surface area contributed by atoms with E-state index in [2.05, 4.69) is 55.6 Å². The predicted molar refractivity (Wildman–Crippen MR) is 375 cm³/mol. The summed E-state index contributed by atoms with van der Waals surface area (Å²) in [6, 6.07) is -0.625. The molecule has 0 aliphatic heterocycles. The fourth-order valence-corrected chi connectivity index (χ4v) is 12.0. The molecular formula is C79H149NO5. The first-order valence-corrected chi connectivity index (χ1v) is 38.4. The van der Waals surface area contributed by atoms with Crippen molar-refractivity contribution in [1.29, 1.82) is 0 Å². The minimum Gasteiger partial charge on any atom is -0.466 e. The molecule has 85 heavy (non-hydrogen) atoms. The van der Waals surface area contributed by atoms with Crippen LogP contribution in [0.15, 0.2) is 48.6 Å². The van der Waals surface area contributed by atoms with Crippen LogP contribution in [-0.2, 0) is 14.3 Å². The van der Waals surface area contributed by atoms with Gasteiger partial charge < -0.3 is 20.3 Å².